The van der Waals surface area contributed by atoms with E-state index in [0.717, 1.165) is 12.0 Å². The molecule has 0 aliphatic heterocycles. The first-order chi connectivity index (χ1) is 6.19. The average Bonchev–Trinajstić information content (AvgIpc) is 2.18. The number of hydrogen-bond donors (Lipinski definition) is 1. The van der Waals surface area contributed by atoms with Crippen LogP contribution in [0, 0.1) is 22.7 Å². The lowest BCUT2D eigenvalue weighted by Crippen LogP contribution is -2.31. The van der Waals surface area contributed by atoms with Crippen LogP contribution in [0.3, 0.4) is 0 Å². The second kappa shape index (κ2) is 3.76. The van der Waals surface area contributed by atoms with Crippen molar-refractivity contribution in [1.82, 2.24) is 0 Å². The van der Waals surface area contributed by atoms with E-state index >= 15 is 0 Å². The summed E-state index contributed by atoms with van der Waals surface area (Å²) in [5, 5.41) is 18.1. The third-order valence-electron chi connectivity index (χ3n) is 3.09. The number of allylic oxidation sites excluding steroid dienone is 3. The Morgan fingerprint density at radius 2 is 2.38 bits per heavy atom. The fourth-order valence-electron chi connectivity index (χ4n) is 1.77. The topological polar surface area (TPSA) is 44.0 Å². The first-order valence-electron chi connectivity index (χ1n) is 4.59. The van der Waals surface area contributed by atoms with Gasteiger partial charge < -0.3 is 5.11 Å². The largest absolute Gasteiger partial charge is 0.396 e. The molecule has 2 heteroatoms. The minimum Gasteiger partial charge on any atom is -0.396 e. The van der Waals surface area contributed by atoms with Crippen molar-refractivity contribution >= 4 is 0 Å². The highest BCUT2D eigenvalue weighted by Gasteiger charge is 2.35. The molecular weight excluding hydrogens is 162 g/mol. The number of hydrogen-bond acceptors (Lipinski definition) is 2. The molecule has 0 aromatic rings. The van der Waals surface area contributed by atoms with Gasteiger partial charge in [0.05, 0.1) is 12.7 Å². The fraction of sp³-hybridized carbons (Fsp3) is 0.545. The Hall–Kier alpha value is -1.07. The van der Waals surface area contributed by atoms with E-state index in [2.05, 4.69) is 6.07 Å². The molecule has 70 valence electrons. The molecule has 13 heavy (non-hydrogen) atoms. The molecule has 0 aromatic heterocycles. The molecule has 0 bridgehead atoms. The van der Waals surface area contributed by atoms with Crippen LogP contribution in [0.15, 0.2) is 23.8 Å². The molecule has 1 aliphatic rings. The van der Waals surface area contributed by atoms with Crippen molar-refractivity contribution < 1.29 is 5.11 Å². The molecular formula is C11H15NO. The molecule has 2 atom stereocenters. The Morgan fingerprint density at radius 1 is 1.69 bits per heavy atom. The van der Waals surface area contributed by atoms with Crippen molar-refractivity contribution in [2.24, 2.45) is 11.3 Å². The summed E-state index contributed by atoms with van der Waals surface area (Å²) in [6.45, 7) is 4.19. The summed E-state index contributed by atoms with van der Waals surface area (Å²) < 4.78 is 0. The Bertz CT molecular complexity index is 285. The maximum absolute atomic E-state index is 9.18. The third-order valence-corrected chi connectivity index (χ3v) is 3.09. The van der Waals surface area contributed by atoms with E-state index in [9.17, 15) is 5.11 Å². The molecule has 0 saturated heterocycles. The summed E-state index contributed by atoms with van der Waals surface area (Å²) in [5.74, 6) is 0.0807. The monoisotopic (exact) mass is 177 g/mol. The second-order valence-corrected chi connectivity index (χ2v) is 3.64. The Morgan fingerprint density at radius 3 is 2.85 bits per heavy atom. The van der Waals surface area contributed by atoms with Crippen molar-refractivity contribution in [2.45, 2.75) is 20.3 Å². The molecule has 0 radical (unpaired) electrons. The van der Waals surface area contributed by atoms with Crippen LogP contribution in [0.2, 0.25) is 0 Å². The highest BCUT2D eigenvalue weighted by atomic mass is 16.3. The standard InChI is InChI=1S/C11H15NO/c1-3-11(2)9(7-12)5-4-6-10(11)8-13/h4-6,10,13H,3,8H2,1-2H3. The zero-order chi connectivity index (χ0) is 9.90. The number of nitrogens with zero attached hydrogens (tertiary/aromatic N) is 1. The molecule has 0 heterocycles. The summed E-state index contributed by atoms with van der Waals surface area (Å²) in [7, 11) is 0. The molecule has 2 unspecified atom stereocenters. The van der Waals surface area contributed by atoms with Crippen LogP contribution in [0.25, 0.3) is 0 Å². The van der Waals surface area contributed by atoms with Crippen LogP contribution >= 0.6 is 0 Å². The van der Waals surface area contributed by atoms with Crippen LogP contribution in [0.4, 0.5) is 0 Å². The van der Waals surface area contributed by atoms with Crippen molar-refractivity contribution in [3.8, 4) is 6.07 Å². The van der Waals surface area contributed by atoms with Gasteiger partial charge >= 0.3 is 0 Å². The van der Waals surface area contributed by atoms with Crippen LogP contribution < -0.4 is 0 Å². The minimum atomic E-state index is -0.182. The number of aliphatic hydroxyl groups is 1. The van der Waals surface area contributed by atoms with E-state index in [4.69, 9.17) is 5.26 Å². The van der Waals surface area contributed by atoms with E-state index in [-0.39, 0.29) is 17.9 Å². The van der Waals surface area contributed by atoms with Crippen LogP contribution in [0.1, 0.15) is 20.3 Å². The van der Waals surface area contributed by atoms with Gasteiger partial charge in [-0.2, -0.15) is 5.26 Å². The zero-order valence-electron chi connectivity index (χ0n) is 8.12. The van der Waals surface area contributed by atoms with Gasteiger partial charge in [0.15, 0.2) is 0 Å². The third kappa shape index (κ3) is 1.52. The predicted molar refractivity (Wildman–Crippen MR) is 51.8 cm³/mol. The smallest absolute Gasteiger partial charge is 0.0953 e. The molecule has 0 fully saturated rings. The summed E-state index contributed by atoms with van der Waals surface area (Å²) in [6.07, 6.45) is 6.55. The normalized spacial score (nSPS) is 32.5. The van der Waals surface area contributed by atoms with E-state index in [1.54, 1.807) is 0 Å². The van der Waals surface area contributed by atoms with Gasteiger partial charge in [-0.1, -0.05) is 26.0 Å². The van der Waals surface area contributed by atoms with Gasteiger partial charge in [-0.3, -0.25) is 0 Å². The van der Waals surface area contributed by atoms with Gasteiger partial charge in [0.2, 0.25) is 0 Å². The van der Waals surface area contributed by atoms with Crippen LogP contribution in [0.5, 0.6) is 0 Å². The number of rotatable bonds is 2. The van der Waals surface area contributed by atoms with E-state index in [0.29, 0.717) is 0 Å². The lowest BCUT2D eigenvalue weighted by Gasteiger charge is -2.35. The average molecular weight is 177 g/mol. The first-order valence-corrected chi connectivity index (χ1v) is 4.59. The SMILES string of the molecule is CCC1(C)C(C#N)=CC=CC1CO. The van der Waals surface area contributed by atoms with Crippen molar-refractivity contribution in [1.29, 1.82) is 5.26 Å². The molecule has 2 nitrogen and oxygen atoms in total. The highest BCUT2D eigenvalue weighted by Crippen LogP contribution is 2.41. The maximum Gasteiger partial charge on any atom is 0.0953 e. The number of nitriles is 1. The molecule has 0 saturated carbocycles. The summed E-state index contributed by atoms with van der Waals surface area (Å²) in [4.78, 5) is 0. The van der Waals surface area contributed by atoms with Gasteiger partial charge in [0.25, 0.3) is 0 Å². The minimum absolute atomic E-state index is 0.0807. The summed E-state index contributed by atoms with van der Waals surface area (Å²) in [6, 6.07) is 2.21. The maximum atomic E-state index is 9.18. The van der Waals surface area contributed by atoms with E-state index in [1.807, 2.05) is 32.1 Å². The molecule has 1 aliphatic carbocycles. The lowest BCUT2D eigenvalue weighted by molar-refractivity contribution is 0.162. The quantitative estimate of drug-likeness (QED) is 0.701. The Labute approximate surface area is 79.2 Å². The summed E-state index contributed by atoms with van der Waals surface area (Å²) >= 11 is 0. The lowest BCUT2D eigenvalue weighted by atomic mass is 9.68. The van der Waals surface area contributed by atoms with Crippen molar-refractivity contribution in [3.05, 3.63) is 23.8 Å². The van der Waals surface area contributed by atoms with E-state index < -0.39 is 0 Å². The van der Waals surface area contributed by atoms with Gasteiger partial charge in [0, 0.05) is 16.9 Å². The van der Waals surface area contributed by atoms with Crippen LogP contribution in [-0.2, 0) is 0 Å². The molecule has 1 N–H and O–H groups in total. The molecule has 0 aromatic carbocycles. The predicted octanol–water partition coefficient (Wildman–Crippen LogP) is 2.03. The molecule has 0 spiro atoms. The zero-order valence-corrected chi connectivity index (χ0v) is 8.12. The van der Waals surface area contributed by atoms with E-state index in [1.165, 1.54) is 0 Å². The van der Waals surface area contributed by atoms with Gasteiger partial charge in [0.1, 0.15) is 0 Å². The van der Waals surface area contributed by atoms with Gasteiger partial charge in [-0.25, -0.2) is 0 Å². The van der Waals surface area contributed by atoms with Crippen molar-refractivity contribution in [2.75, 3.05) is 6.61 Å². The van der Waals surface area contributed by atoms with Crippen molar-refractivity contribution in [3.63, 3.8) is 0 Å². The van der Waals surface area contributed by atoms with Crippen LogP contribution in [-0.4, -0.2) is 11.7 Å². The first kappa shape index (κ1) is 10.0. The van der Waals surface area contributed by atoms with Gasteiger partial charge in [-0.05, 0) is 12.5 Å². The van der Waals surface area contributed by atoms with Gasteiger partial charge in [-0.15, -0.1) is 0 Å². The summed E-state index contributed by atoms with van der Waals surface area (Å²) in [5.41, 5.74) is 0.592. The highest BCUT2D eigenvalue weighted by molar-refractivity contribution is 5.37. The Kier molecular flexibility index (Phi) is 2.90. The number of aliphatic hydroxyl groups excluding tert-OH is 1. The molecule has 0 amide bonds. The Balaban J connectivity index is 3.05. The molecule has 1 rings (SSSR count). The fourth-order valence-corrected chi connectivity index (χ4v) is 1.77. The second-order valence-electron chi connectivity index (χ2n) is 3.64.